The van der Waals surface area contributed by atoms with Crippen molar-refractivity contribution in [3.63, 3.8) is 0 Å². The average Bonchev–Trinajstić information content (AvgIpc) is 3.57. The van der Waals surface area contributed by atoms with Gasteiger partial charge in [-0.05, 0) is 63.1 Å². The first-order chi connectivity index (χ1) is 23.5. The lowest BCUT2D eigenvalue weighted by atomic mass is 9.79. The quantitative estimate of drug-likeness (QED) is 0.168. The van der Waals surface area contributed by atoms with Crippen molar-refractivity contribution in [1.29, 1.82) is 0 Å². The van der Waals surface area contributed by atoms with Crippen LogP contribution in [0.25, 0.3) is 0 Å². The van der Waals surface area contributed by atoms with E-state index in [-0.39, 0.29) is 42.0 Å². The fourth-order valence-corrected chi connectivity index (χ4v) is 10.1. The van der Waals surface area contributed by atoms with Crippen LogP contribution in [0.3, 0.4) is 0 Å². The number of carbonyl (C=O) groups excluding carboxylic acids is 1. The monoisotopic (exact) mass is 690 g/mol. The van der Waals surface area contributed by atoms with Crippen LogP contribution in [-0.4, -0.2) is 80.4 Å². The first-order valence-corrected chi connectivity index (χ1v) is 17.9. The number of anilines is 1. The molecular formula is C37H46N4O7S. The summed E-state index contributed by atoms with van der Waals surface area (Å²) in [7, 11) is 5.40. The molecule has 5 atom stereocenters. The second-order valence-corrected chi connectivity index (χ2v) is 14.6. The highest BCUT2D eigenvalue weighted by atomic mass is 32.2. The highest BCUT2D eigenvalue weighted by Gasteiger charge is 2.51. The Morgan fingerprint density at radius 1 is 1.08 bits per heavy atom. The van der Waals surface area contributed by atoms with Gasteiger partial charge in [-0.25, -0.2) is 0 Å². The number of fused-ring (bicyclic) bond motifs is 5. The minimum absolute atomic E-state index is 0.0784. The third kappa shape index (κ3) is 5.53. The summed E-state index contributed by atoms with van der Waals surface area (Å²) >= 11 is 1.84. The molecule has 4 heterocycles. The maximum atomic E-state index is 12.7. The molecule has 0 saturated carbocycles. The molecule has 0 amide bonds. The molecular weight excluding hydrogens is 644 g/mol. The normalized spacial score (nSPS) is 24.5. The van der Waals surface area contributed by atoms with Gasteiger partial charge in [-0.1, -0.05) is 12.1 Å². The number of esters is 1. The number of benzene rings is 3. The van der Waals surface area contributed by atoms with Gasteiger partial charge in [-0.15, -0.1) is 11.8 Å². The Balaban J connectivity index is 1.40. The van der Waals surface area contributed by atoms with Gasteiger partial charge >= 0.3 is 5.97 Å². The molecule has 1 saturated heterocycles. The summed E-state index contributed by atoms with van der Waals surface area (Å²) in [5, 5.41) is 15.2. The van der Waals surface area contributed by atoms with E-state index in [1.165, 1.54) is 18.1 Å². The topological polar surface area (TPSA) is 128 Å². The van der Waals surface area contributed by atoms with E-state index >= 15 is 0 Å². The van der Waals surface area contributed by atoms with Crippen molar-refractivity contribution in [2.45, 2.75) is 63.5 Å². The summed E-state index contributed by atoms with van der Waals surface area (Å²) in [6.07, 6.45) is 0.904. The number of thioether (sulfide) groups is 1. The smallest absolute Gasteiger partial charge is 0.308 e. The molecule has 0 aliphatic carbocycles. The van der Waals surface area contributed by atoms with Crippen LogP contribution in [0.5, 0.6) is 34.5 Å². The number of carbonyl (C=O) groups is 1. The second kappa shape index (κ2) is 13.1. The number of phenols is 1. The number of nitrogens with zero attached hydrogens (tertiary/aromatic N) is 2. The highest BCUT2D eigenvalue weighted by molar-refractivity contribution is 7.99. The Labute approximate surface area is 292 Å². The summed E-state index contributed by atoms with van der Waals surface area (Å²) in [4.78, 5) is 17.6. The molecule has 3 aromatic rings. The fourth-order valence-electron chi connectivity index (χ4n) is 8.36. The summed E-state index contributed by atoms with van der Waals surface area (Å²) in [6, 6.07) is 7.72. The highest BCUT2D eigenvalue weighted by Crippen LogP contribution is 2.61. The van der Waals surface area contributed by atoms with Gasteiger partial charge in [-0.2, -0.15) is 0 Å². The van der Waals surface area contributed by atoms with Gasteiger partial charge in [-0.3, -0.25) is 14.6 Å². The molecule has 5 unspecified atom stereocenters. The Kier molecular flexibility index (Phi) is 9.01. The molecule has 3 aromatic carbocycles. The molecule has 4 aliphatic heterocycles. The van der Waals surface area contributed by atoms with Crippen molar-refractivity contribution in [3.05, 3.63) is 63.2 Å². The van der Waals surface area contributed by atoms with Gasteiger partial charge in [0.2, 0.25) is 6.79 Å². The largest absolute Gasteiger partial charge is 0.504 e. The molecule has 4 N–H and O–H groups in total. The summed E-state index contributed by atoms with van der Waals surface area (Å²) < 4.78 is 29.6. The molecule has 0 radical (unpaired) electrons. The number of likely N-dealkylation sites (N-methyl/N-ethyl adjacent to an activating group) is 1. The van der Waals surface area contributed by atoms with Crippen LogP contribution in [-0.2, 0) is 11.2 Å². The number of aromatic hydroxyl groups is 1. The molecule has 1 fully saturated rings. The standard InChI is InChI=1S/C37H46N4O7S/c1-18-8-9-23(32(43)33(18)45-7)30-31-37(49-16-26-24-15-27(44-6)25(38)14-22(24)10-12-40(26)5)29-28(20(3)41(31)13-11-39-30)36-35(46-17-47-36)19(2)34(29)48-21(4)42/h8-9,14-15,20,26,30-31,37,39,43H,10-13,16-17,38H2,1-7H3. The Bertz CT molecular complexity index is 1800. The molecule has 0 aromatic heterocycles. The van der Waals surface area contributed by atoms with Gasteiger partial charge in [0, 0.05) is 72.7 Å². The van der Waals surface area contributed by atoms with Crippen molar-refractivity contribution in [2.75, 3.05) is 59.2 Å². The lowest BCUT2D eigenvalue weighted by Crippen LogP contribution is -2.58. The van der Waals surface area contributed by atoms with E-state index < -0.39 is 5.97 Å². The number of piperazine rings is 1. The van der Waals surface area contributed by atoms with Gasteiger partial charge in [0.05, 0.1) is 31.2 Å². The molecule has 262 valence electrons. The van der Waals surface area contributed by atoms with Crippen LogP contribution in [0, 0.1) is 13.8 Å². The zero-order valence-electron chi connectivity index (χ0n) is 29.2. The SMILES string of the molecule is COc1cc2c(cc1N)CCN(C)C2CSC1c2c(OC(C)=O)c(C)c3c(c2C(C)N2CCNC(c4ccc(C)c(OC)c4O)C12)OCO3. The second-order valence-electron chi connectivity index (χ2n) is 13.4. The molecule has 49 heavy (non-hydrogen) atoms. The maximum Gasteiger partial charge on any atom is 0.308 e. The number of rotatable bonds is 7. The van der Waals surface area contributed by atoms with Gasteiger partial charge in [0.25, 0.3) is 0 Å². The van der Waals surface area contributed by atoms with E-state index in [0.717, 1.165) is 65.4 Å². The molecule has 7 rings (SSSR count). The summed E-state index contributed by atoms with van der Waals surface area (Å²) in [5.74, 6) is 3.49. The summed E-state index contributed by atoms with van der Waals surface area (Å²) in [5.41, 5.74) is 13.7. The molecule has 0 spiro atoms. The maximum absolute atomic E-state index is 12.7. The molecule has 0 bridgehead atoms. The van der Waals surface area contributed by atoms with Crippen LogP contribution in [0.2, 0.25) is 0 Å². The van der Waals surface area contributed by atoms with Crippen LogP contribution in [0.1, 0.15) is 76.2 Å². The van der Waals surface area contributed by atoms with Gasteiger partial charge in [0.1, 0.15) is 11.5 Å². The number of hydrogen-bond acceptors (Lipinski definition) is 12. The Morgan fingerprint density at radius 2 is 1.86 bits per heavy atom. The minimum atomic E-state index is -0.396. The average molecular weight is 691 g/mol. The van der Waals surface area contributed by atoms with Crippen molar-refractivity contribution >= 4 is 23.4 Å². The van der Waals surface area contributed by atoms with Crippen molar-refractivity contribution < 1.29 is 33.6 Å². The number of ether oxygens (including phenoxy) is 5. The number of nitrogens with two attached hydrogens (primary N) is 1. The van der Waals surface area contributed by atoms with E-state index in [9.17, 15) is 9.90 Å². The number of nitrogens with one attached hydrogen (secondary N) is 1. The fraction of sp³-hybridized carbons (Fsp3) is 0.486. The zero-order valence-corrected chi connectivity index (χ0v) is 30.0. The van der Waals surface area contributed by atoms with Crippen molar-refractivity contribution in [3.8, 4) is 34.5 Å². The van der Waals surface area contributed by atoms with E-state index in [2.05, 4.69) is 41.2 Å². The van der Waals surface area contributed by atoms with Gasteiger partial charge in [0.15, 0.2) is 23.0 Å². The third-order valence-corrected chi connectivity index (χ3v) is 12.1. The predicted molar refractivity (Wildman–Crippen MR) is 189 cm³/mol. The van der Waals surface area contributed by atoms with E-state index in [4.69, 9.17) is 29.4 Å². The lowest BCUT2D eigenvalue weighted by molar-refractivity contribution is -0.132. The van der Waals surface area contributed by atoms with E-state index in [1.807, 2.05) is 37.7 Å². The minimum Gasteiger partial charge on any atom is -0.504 e. The number of aryl methyl sites for hydroxylation is 1. The third-order valence-electron chi connectivity index (χ3n) is 10.7. The van der Waals surface area contributed by atoms with Crippen LogP contribution >= 0.6 is 11.8 Å². The van der Waals surface area contributed by atoms with Crippen LogP contribution < -0.4 is 34.7 Å². The molecule has 4 aliphatic rings. The van der Waals surface area contributed by atoms with Crippen LogP contribution in [0.4, 0.5) is 5.69 Å². The van der Waals surface area contributed by atoms with E-state index in [1.54, 1.807) is 14.2 Å². The Morgan fingerprint density at radius 3 is 2.59 bits per heavy atom. The predicted octanol–water partition coefficient (Wildman–Crippen LogP) is 5.36. The summed E-state index contributed by atoms with van der Waals surface area (Å²) in [6.45, 7) is 9.98. The van der Waals surface area contributed by atoms with Crippen LogP contribution in [0.15, 0.2) is 24.3 Å². The number of methoxy groups -OCH3 is 2. The van der Waals surface area contributed by atoms with Crippen molar-refractivity contribution in [2.24, 2.45) is 0 Å². The number of nitrogen functional groups attached to an aromatic ring is 1. The Hall–Kier alpha value is -3.84. The first kappa shape index (κ1) is 33.6. The first-order valence-electron chi connectivity index (χ1n) is 16.8. The van der Waals surface area contributed by atoms with E-state index in [0.29, 0.717) is 28.7 Å². The number of hydrogen-bond donors (Lipinski definition) is 3. The molecule has 11 nitrogen and oxygen atoms in total. The molecule has 12 heteroatoms. The van der Waals surface area contributed by atoms with Crippen molar-refractivity contribution in [1.82, 2.24) is 15.1 Å². The zero-order chi connectivity index (χ0) is 34.7. The number of phenolic OH excluding ortho intramolecular Hbond substituents is 1. The van der Waals surface area contributed by atoms with Gasteiger partial charge < -0.3 is 39.8 Å². The lowest BCUT2D eigenvalue weighted by Gasteiger charge is -2.53.